The fraction of sp³-hybridized carbons (Fsp3) is 0.462. The molecular weight excluding hydrogens is 301 g/mol. The molecule has 0 saturated carbocycles. The molecule has 0 aliphatic heterocycles. The Bertz CT molecular complexity index is 410. The van der Waals surface area contributed by atoms with Gasteiger partial charge in [-0.2, -0.15) is 0 Å². The van der Waals surface area contributed by atoms with Crippen LogP contribution < -0.4 is 5.32 Å². The summed E-state index contributed by atoms with van der Waals surface area (Å²) in [5.41, 5.74) is 0.423. The highest BCUT2D eigenvalue weighted by atomic mass is 79.9. The van der Waals surface area contributed by atoms with Crippen LogP contribution in [0.1, 0.15) is 24.2 Å². The first-order valence-corrected chi connectivity index (χ1v) is 6.61. The summed E-state index contributed by atoms with van der Waals surface area (Å²) < 4.78 is 18.6. The predicted molar refractivity (Wildman–Crippen MR) is 72.1 cm³/mol. The van der Waals surface area contributed by atoms with Gasteiger partial charge in [0.1, 0.15) is 5.82 Å². The van der Waals surface area contributed by atoms with Crippen molar-refractivity contribution in [2.24, 2.45) is 5.92 Å². The largest absolute Gasteiger partial charge is 0.379 e. The second kappa shape index (κ2) is 7.48. The molecule has 0 aromatic heterocycles. The van der Waals surface area contributed by atoms with Gasteiger partial charge >= 0.3 is 0 Å². The van der Waals surface area contributed by atoms with Crippen LogP contribution in [0, 0.1) is 11.7 Å². The van der Waals surface area contributed by atoms with Gasteiger partial charge in [0.05, 0.1) is 11.1 Å². The number of hydrogen-bond acceptors (Lipinski definition) is 2. The molecule has 0 spiro atoms. The molecule has 0 heterocycles. The maximum absolute atomic E-state index is 13.0. The van der Waals surface area contributed by atoms with Gasteiger partial charge in [0.25, 0.3) is 5.91 Å². The Kier molecular flexibility index (Phi) is 6.29. The second-order valence-electron chi connectivity index (χ2n) is 4.35. The Morgan fingerprint density at radius 3 is 2.83 bits per heavy atom. The van der Waals surface area contributed by atoms with E-state index in [1.807, 2.05) is 0 Å². The summed E-state index contributed by atoms with van der Waals surface area (Å²) in [5, 5.41) is 2.71. The van der Waals surface area contributed by atoms with Gasteiger partial charge in [0.2, 0.25) is 0 Å². The van der Waals surface area contributed by atoms with Crippen molar-refractivity contribution in [2.45, 2.75) is 13.8 Å². The average Bonchev–Trinajstić information content (AvgIpc) is 2.31. The van der Waals surface area contributed by atoms with Gasteiger partial charge < -0.3 is 10.1 Å². The zero-order valence-electron chi connectivity index (χ0n) is 10.5. The van der Waals surface area contributed by atoms with Crippen LogP contribution in [-0.2, 0) is 4.74 Å². The fourth-order valence-corrected chi connectivity index (χ4v) is 1.67. The van der Waals surface area contributed by atoms with Gasteiger partial charge in [-0.3, -0.25) is 4.79 Å². The van der Waals surface area contributed by atoms with E-state index in [0.29, 0.717) is 31.2 Å². The third-order valence-corrected chi connectivity index (χ3v) is 2.77. The molecule has 0 radical (unpaired) electrons. The number of ether oxygens (including phenoxy) is 1. The lowest BCUT2D eigenvalue weighted by Gasteiger charge is -2.08. The van der Waals surface area contributed by atoms with Crippen LogP contribution in [0.4, 0.5) is 4.39 Å². The van der Waals surface area contributed by atoms with Crippen LogP contribution >= 0.6 is 15.9 Å². The standard InChI is InChI=1S/C13H17BrFNO2/c1-9(2)8-18-6-5-16-13(17)10-3-4-12(15)11(14)7-10/h3-4,7,9H,5-6,8H2,1-2H3,(H,16,17). The van der Waals surface area contributed by atoms with E-state index >= 15 is 0 Å². The number of hydrogen-bond donors (Lipinski definition) is 1. The molecule has 18 heavy (non-hydrogen) atoms. The Hall–Kier alpha value is -0.940. The zero-order chi connectivity index (χ0) is 13.5. The first-order chi connectivity index (χ1) is 8.50. The van der Waals surface area contributed by atoms with Gasteiger partial charge in [-0.15, -0.1) is 0 Å². The minimum Gasteiger partial charge on any atom is -0.379 e. The number of rotatable bonds is 6. The van der Waals surface area contributed by atoms with Crippen LogP contribution in [0.25, 0.3) is 0 Å². The smallest absolute Gasteiger partial charge is 0.251 e. The van der Waals surface area contributed by atoms with Gasteiger partial charge in [-0.05, 0) is 40.0 Å². The number of halogens is 2. The van der Waals surface area contributed by atoms with E-state index in [9.17, 15) is 9.18 Å². The molecule has 0 aliphatic rings. The first kappa shape index (κ1) is 15.1. The van der Waals surface area contributed by atoms with E-state index in [1.54, 1.807) is 0 Å². The van der Waals surface area contributed by atoms with Crippen LogP contribution in [0.5, 0.6) is 0 Å². The molecule has 1 rings (SSSR count). The van der Waals surface area contributed by atoms with E-state index < -0.39 is 0 Å². The summed E-state index contributed by atoms with van der Waals surface area (Å²) in [6.07, 6.45) is 0. The lowest BCUT2D eigenvalue weighted by Crippen LogP contribution is -2.27. The van der Waals surface area contributed by atoms with E-state index in [0.717, 1.165) is 0 Å². The summed E-state index contributed by atoms with van der Waals surface area (Å²) in [7, 11) is 0. The molecule has 100 valence electrons. The molecule has 3 nitrogen and oxygen atoms in total. The molecule has 1 aromatic rings. The van der Waals surface area contributed by atoms with Crippen molar-refractivity contribution in [3.63, 3.8) is 0 Å². The van der Waals surface area contributed by atoms with E-state index in [1.165, 1.54) is 18.2 Å². The zero-order valence-corrected chi connectivity index (χ0v) is 12.1. The van der Waals surface area contributed by atoms with Crippen LogP contribution in [0.2, 0.25) is 0 Å². The first-order valence-electron chi connectivity index (χ1n) is 5.81. The highest BCUT2D eigenvalue weighted by molar-refractivity contribution is 9.10. The lowest BCUT2D eigenvalue weighted by atomic mass is 10.2. The molecule has 0 atom stereocenters. The quantitative estimate of drug-likeness (QED) is 0.819. The van der Waals surface area contributed by atoms with Crippen molar-refractivity contribution >= 4 is 21.8 Å². The Balaban J connectivity index is 2.34. The summed E-state index contributed by atoms with van der Waals surface area (Å²) in [6, 6.07) is 4.16. The molecule has 0 saturated heterocycles. The molecule has 1 aromatic carbocycles. The van der Waals surface area contributed by atoms with Crippen LogP contribution in [-0.4, -0.2) is 25.7 Å². The third kappa shape index (κ3) is 5.14. The van der Waals surface area contributed by atoms with Crippen molar-refractivity contribution in [1.82, 2.24) is 5.32 Å². The normalized spacial score (nSPS) is 10.7. The third-order valence-electron chi connectivity index (χ3n) is 2.16. The minimum atomic E-state index is -0.383. The Morgan fingerprint density at radius 2 is 2.22 bits per heavy atom. The second-order valence-corrected chi connectivity index (χ2v) is 5.21. The molecule has 0 unspecified atom stereocenters. The molecule has 0 bridgehead atoms. The Labute approximate surface area is 115 Å². The predicted octanol–water partition coefficient (Wildman–Crippen LogP) is 2.99. The van der Waals surface area contributed by atoms with Gasteiger partial charge in [0.15, 0.2) is 0 Å². The van der Waals surface area contributed by atoms with Crippen molar-refractivity contribution < 1.29 is 13.9 Å². The molecule has 1 N–H and O–H groups in total. The monoisotopic (exact) mass is 317 g/mol. The highest BCUT2D eigenvalue weighted by Crippen LogP contribution is 2.16. The number of amides is 1. The molecule has 1 amide bonds. The number of nitrogens with one attached hydrogen (secondary N) is 1. The maximum atomic E-state index is 13.0. The van der Waals surface area contributed by atoms with E-state index in [2.05, 4.69) is 35.1 Å². The van der Waals surface area contributed by atoms with Gasteiger partial charge in [-0.1, -0.05) is 13.8 Å². The summed E-state index contributed by atoms with van der Waals surface area (Å²) >= 11 is 3.04. The van der Waals surface area contributed by atoms with Crippen molar-refractivity contribution in [3.05, 3.63) is 34.1 Å². The number of carbonyl (C=O) groups excluding carboxylic acids is 1. The van der Waals surface area contributed by atoms with Gasteiger partial charge in [-0.25, -0.2) is 4.39 Å². The lowest BCUT2D eigenvalue weighted by molar-refractivity contribution is 0.0886. The van der Waals surface area contributed by atoms with E-state index in [4.69, 9.17) is 4.74 Å². The highest BCUT2D eigenvalue weighted by Gasteiger charge is 2.07. The molecule has 0 aliphatic carbocycles. The van der Waals surface area contributed by atoms with Crippen LogP contribution in [0.15, 0.2) is 22.7 Å². The van der Waals surface area contributed by atoms with E-state index in [-0.39, 0.29) is 16.2 Å². The minimum absolute atomic E-state index is 0.233. The van der Waals surface area contributed by atoms with Crippen molar-refractivity contribution in [1.29, 1.82) is 0 Å². The van der Waals surface area contributed by atoms with Crippen molar-refractivity contribution in [3.8, 4) is 0 Å². The van der Waals surface area contributed by atoms with Crippen molar-refractivity contribution in [2.75, 3.05) is 19.8 Å². The summed E-state index contributed by atoms with van der Waals surface area (Å²) in [4.78, 5) is 11.7. The topological polar surface area (TPSA) is 38.3 Å². The summed E-state index contributed by atoms with van der Waals surface area (Å²) in [5.74, 6) is -0.135. The number of carbonyl (C=O) groups is 1. The summed E-state index contributed by atoms with van der Waals surface area (Å²) in [6.45, 7) is 5.73. The molecule has 0 fully saturated rings. The fourth-order valence-electron chi connectivity index (χ4n) is 1.30. The number of benzene rings is 1. The maximum Gasteiger partial charge on any atom is 0.251 e. The molecule has 5 heteroatoms. The molecular formula is C13H17BrFNO2. The Morgan fingerprint density at radius 1 is 1.50 bits per heavy atom. The van der Waals surface area contributed by atoms with Gasteiger partial charge in [0, 0.05) is 18.7 Å². The van der Waals surface area contributed by atoms with Crippen LogP contribution in [0.3, 0.4) is 0 Å². The average molecular weight is 318 g/mol. The SMILES string of the molecule is CC(C)COCCNC(=O)c1ccc(F)c(Br)c1.